The number of anilines is 1. The fourth-order valence-corrected chi connectivity index (χ4v) is 2.92. The highest BCUT2D eigenvalue weighted by Gasteiger charge is 2.32. The minimum Gasteiger partial charge on any atom is -0.481 e. The van der Waals surface area contributed by atoms with Crippen molar-refractivity contribution < 1.29 is 28.6 Å². The van der Waals surface area contributed by atoms with Gasteiger partial charge in [0.1, 0.15) is 0 Å². The first-order valence-corrected chi connectivity index (χ1v) is 9.10. The van der Waals surface area contributed by atoms with Crippen molar-refractivity contribution in [2.24, 2.45) is 5.92 Å². The molecule has 1 unspecified atom stereocenters. The molecule has 0 amide bonds. The number of rotatable bonds is 7. The number of aliphatic carboxylic acids is 1. The summed E-state index contributed by atoms with van der Waals surface area (Å²) in [5.41, 5.74) is -1.52. The van der Waals surface area contributed by atoms with Gasteiger partial charge in [-0.05, 0) is 52.7 Å². The van der Waals surface area contributed by atoms with E-state index in [4.69, 9.17) is 9.47 Å². The molecule has 0 spiro atoms. The largest absolute Gasteiger partial charge is 0.481 e. The quantitative estimate of drug-likeness (QED) is 0.731. The molecule has 1 aromatic carbocycles. The Labute approximate surface area is 159 Å². The van der Waals surface area contributed by atoms with Crippen LogP contribution in [0.3, 0.4) is 0 Å². The van der Waals surface area contributed by atoms with E-state index in [0.29, 0.717) is 25.7 Å². The first-order valence-electron chi connectivity index (χ1n) is 9.10. The minimum atomic E-state index is -1.34. The predicted molar refractivity (Wildman–Crippen MR) is 99.8 cm³/mol. The molecule has 1 fully saturated rings. The Kier molecular flexibility index (Phi) is 6.46. The van der Waals surface area contributed by atoms with E-state index in [1.165, 1.54) is 6.07 Å². The standard InChI is InChI=1S/C20H28FNO5/c1-19(2,3)26-13-20(4,12-23)27-16-9-5-8-15(17(16)21)22-10-6-7-14(11-22)18(24)25/h5,8-9,12,14H,6-7,10-11,13H2,1-4H3,(H,24,25)/t14-,20?/m1/s1. The molecule has 1 aromatic rings. The second kappa shape index (κ2) is 8.25. The van der Waals surface area contributed by atoms with Crippen LogP contribution in [0.5, 0.6) is 5.75 Å². The van der Waals surface area contributed by atoms with Gasteiger partial charge in [-0.2, -0.15) is 0 Å². The number of carboxylic acid groups (broad SMARTS) is 1. The number of carbonyl (C=O) groups excluding carboxylic acids is 1. The van der Waals surface area contributed by atoms with E-state index in [9.17, 15) is 14.7 Å². The van der Waals surface area contributed by atoms with Crippen LogP contribution in [0.2, 0.25) is 0 Å². The summed E-state index contributed by atoms with van der Waals surface area (Å²) in [7, 11) is 0. The predicted octanol–water partition coefficient (Wildman–Crippen LogP) is 3.28. The summed E-state index contributed by atoms with van der Waals surface area (Å²) in [5.74, 6) is -2.06. The Morgan fingerprint density at radius 1 is 1.37 bits per heavy atom. The molecule has 0 saturated carbocycles. The summed E-state index contributed by atoms with van der Waals surface area (Å²) in [6.45, 7) is 7.90. The van der Waals surface area contributed by atoms with Crippen molar-refractivity contribution >= 4 is 17.9 Å². The zero-order valence-corrected chi connectivity index (χ0v) is 16.3. The monoisotopic (exact) mass is 381 g/mol. The van der Waals surface area contributed by atoms with Gasteiger partial charge in [0.2, 0.25) is 0 Å². The number of halogens is 1. The lowest BCUT2D eigenvalue weighted by Gasteiger charge is -2.34. The van der Waals surface area contributed by atoms with Crippen LogP contribution < -0.4 is 9.64 Å². The van der Waals surface area contributed by atoms with Crippen molar-refractivity contribution in [1.29, 1.82) is 0 Å². The number of aldehydes is 1. The first-order chi connectivity index (χ1) is 12.5. The van der Waals surface area contributed by atoms with Crippen molar-refractivity contribution in [3.63, 3.8) is 0 Å². The molecule has 0 aliphatic carbocycles. The van der Waals surface area contributed by atoms with Crippen LogP contribution in [0, 0.1) is 11.7 Å². The molecule has 7 heteroatoms. The Morgan fingerprint density at radius 3 is 2.67 bits per heavy atom. The third-order valence-electron chi connectivity index (χ3n) is 4.44. The van der Waals surface area contributed by atoms with Crippen LogP contribution in [-0.4, -0.2) is 48.3 Å². The molecular formula is C20H28FNO5. The Balaban J connectivity index is 2.20. The highest BCUT2D eigenvalue weighted by Crippen LogP contribution is 2.32. The van der Waals surface area contributed by atoms with Gasteiger partial charge in [-0.1, -0.05) is 6.07 Å². The molecule has 150 valence electrons. The molecule has 0 radical (unpaired) electrons. The van der Waals surface area contributed by atoms with Gasteiger partial charge in [0.25, 0.3) is 0 Å². The number of benzene rings is 1. The van der Waals surface area contributed by atoms with Crippen LogP contribution >= 0.6 is 0 Å². The van der Waals surface area contributed by atoms with Crippen molar-refractivity contribution in [1.82, 2.24) is 0 Å². The molecule has 2 rings (SSSR count). The second-order valence-corrected chi connectivity index (χ2v) is 8.15. The van der Waals surface area contributed by atoms with Crippen molar-refractivity contribution in [3.8, 4) is 5.75 Å². The number of hydrogen-bond donors (Lipinski definition) is 1. The van der Waals surface area contributed by atoms with Crippen molar-refractivity contribution in [3.05, 3.63) is 24.0 Å². The van der Waals surface area contributed by atoms with E-state index >= 15 is 4.39 Å². The number of carboxylic acids is 1. The number of carbonyl (C=O) groups is 2. The summed E-state index contributed by atoms with van der Waals surface area (Å²) in [6, 6.07) is 4.68. The fraction of sp³-hybridized carbons (Fsp3) is 0.600. The molecule has 0 aromatic heterocycles. The molecule has 6 nitrogen and oxygen atoms in total. The lowest BCUT2D eigenvalue weighted by molar-refractivity contribution is -0.142. The number of ether oxygens (including phenoxy) is 2. The lowest BCUT2D eigenvalue weighted by atomic mass is 9.97. The summed E-state index contributed by atoms with van der Waals surface area (Å²) < 4.78 is 26.4. The third-order valence-corrected chi connectivity index (χ3v) is 4.44. The van der Waals surface area contributed by atoms with Gasteiger partial charge >= 0.3 is 5.97 Å². The Hall–Kier alpha value is -2.15. The van der Waals surface area contributed by atoms with Gasteiger partial charge < -0.3 is 19.5 Å². The van der Waals surface area contributed by atoms with Crippen LogP contribution in [-0.2, 0) is 14.3 Å². The molecule has 1 heterocycles. The van der Waals surface area contributed by atoms with Crippen LogP contribution in [0.25, 0.3) is 0 Å². The van der Waals surface area contributed by atoms with Gasteiger partial charge in [-0.25, -0.2) is 4.39 Å². The fourth-order valence-electron chi connectivity index (χ4n) is 2.92. The molecule has 1 saturated heterocycles. The maximum absolute atomic E-state index is 15.1. The van der Waals surface area contributed by atoms with Crippen molar-refractivity contribution in [2.75, 3.05) is 24.6 Å². The third kappa shape index (κ3) is 5.66. The van der Waals surface area contributed by atoms with Crippen molar-refractivity contribution in [2.45, 2.75) is 51.7 Å². The molecule has 27 heavy (non-hydrogen) atoms. The Bertz CT molecular complexity index is 687. The van der Waals surface area contributed by atoms with Crippen LogP contribution in [0.4, 0.5) is 10.1 Å². The molecule has 0 bridgehead atoms. The number of nitrogens with zero attached hydrogens (tertiary/aromatic N) is 1. The van der Waals surface area contributed by atoms with Gasteiger partial charge in [0.05, 0.1) is 23.8 Å². The van der Waals surface area contributed by atoms with E-state index in [1.807, 2.05) is 20.8 Å². The van der Waals surface area contributed by atoms with E-state index in [-0.39, 0.29) is 24.6 Å². The number of hydrogen-bond acceptors (Lipinski definition) is 5. The Morgan fingerprint density at radius 2 is 2.07 bits per heavy atom. The zero-order chi connectivity index (χ0) is 20.2. The summed E-state index contributed by atoms with van der Waals surface area (Å²) in [5, 5.41) is 9.24. The van der Waals surface area contributed by atoms with Gasteiger partial charge in [-0.15, -0.1) is 0 Å². The lowest BCUT2D eigenvalue weighted by Crippen LogP contribution is -2.42. The zero-order valence-electron chi connectivity index (χ0n) is 16.3. The topological polar surface area (TPSA) is 76.1 Å². The van der Waals surface area contributed by atoms with Gasteiger partial charge in [0, 0.05) is 13.1 Å². The van der Waals surface area contributed by atoms with E-state index < -0.39 is 28.9 Å². The summed E-state index contributed by atoms with van der Waals surface area (Å²) >= 11 is 0. The molecule has 2 atom stereocenters. The second-order valence-electron chi connectivity index (χ2n) is 8.15. The van der Waals surface area contributed by atoms with E-state index in [0.717, 1.165) is 0 Å². The van der Waals surface area contributed by atoms with Crippen LogP contribution in [0.1, 0.15) is 40.5 Å². The van der Waals surface area contributed by atoms with E-state index in [1.54, 1.807) is 24.0 Å². The molecule has 1 aliphatic rings. The summed E-state index contributed by atoms with van der Waals surface area (Å²) in [6.07, 6.45) is 1.86. The van der Waals surface area contributed by atoms with Gasteiger partial charge in [-0.3, -0.25) is 9.59 Å². The highest BCUT2D eigenvalue weighted by atomic mass is 19.1. The molecule has 1 N–H and O–H groups in total. The first kappa shape index (κ1) is 21.2. The maximum Gasteiger partial charge on any atom is 0.308 e. The smallest absolute Gasteiger partial charge is 0.308 e. The highest BCUT2D eigenvalue weighted by molar-refractivity contribution is 5.71. The molecular weight excluding hydrogens is 353 g/mol. The SMILES string of the molecule is CC(C)(C)OCC(C)(C=O)Oc1cccc(N2CCC[C@@H](C(=O)O)C2)c1F. The summed E-state index contributed by atoms with van der Waals surface area (Å²) in [4.78, 5) is 24.5. The normalized spacial score (nSPS) is 20.0. The average molecular weight is 381 g/mol. The molecule has 1 aliphatic heterocycles. The maximum atomic E-state index is 15.1. The van der Waals surface area contributed by atoms with Gasteiger partial charge in [0.15, 0.2) is 23.5 Å². The van der Waals surface area contributed by atoms with E-state index in [2.05, 4.69) is 0 Å². The van der Waals surface area contributed by atoms with Crippen LogP contribution in [0.15, 0.2) is 18.2 Å². The number of piperidine rings is 1. The average Bonchev–Trinajstić information content (AvgIpc) is 2.61. The minimum absolute atomic E-state index is 0.0194.